The van der Waals surface area contributed by atoms with Crippen LogP contribution in [-0.4, -0.2) is 62.8 Å². The number of esters is 2. The van der Waals surface area contributed by atoms with Crippen LogP contribution in [0.1, 0.15) is 20.7 Å². The van der Waals surface area contributed by atoms with Crippen molar-refractivity contribution < 1.29 is 28.6 Å². The van der Waals surface area contributed by atoms with Crippen molar-refractivity contribution in [3.63, 3.8) is 0 Å². The molecule has 1 amide bonds. The molecule has 1 fully saturated rings. The van der Waals surface area contributed by atoms with Gasteiger partial charge in [0.25, 0.3) is 5.91 Å². The summed E-state index contributed by atoms with van der Waals surface area (Å²) in [5.74, 6) is -1.65. The summed E-state index contributed by atoms with van der Waals surface area (Å²) in [7, 11) is 1.23. The lowest BCUT2D eigenvalue weighted by Crippen LogP contribution is -2.42. The molecule has 1 aromatic rings. The Labute approximate surface area is 127 Å². The molecule has 0 aromatic heterocycles. The molecule has 0 unspecified atom stereocenters. The third-order valence-electron chi connectivity index (χ3n) is 3.24. The Morgan fingerprint density at radius 2 is 1.68 bits per heavy atom. The number of hydrogen-bond acceptors (Lipinski definition) is 6. The van der Waals surface area contributed by atoms with Gasteiger partial charge in [0.05, 0.1) is 31.5 Å². The van der Waals surface area contributed by atoms with E-state index in [0.717, 1.165) is 0 Å². The second-order valence-corrected chi connectivity index (χ2v) is 4.61. The molecule has 22 heavy (non-hydrogen) atoms. The van der Waals surface area contributed by atoms with Crippen molar-refractivity contribution in [3.05, 3.63) is 35.4 Å². The molecule has 0 bridgehead atoms. The summed E-state index contributed by atoms with van der Waals surface area (Å²) in [6.45, 7) is 1.55. The lowest BCUT2D eigenvalue weighted by atomic mass is 10.1. The molecule has 1 aliphatic heterocycles. The second-order valence-electron chi connectivity index (χ2n) is 4.61. The van der Waals surface area contributed by atoms with Gasteiger partial charge in [0.15, 0.2) is 6.61 Å². The summed E-state index contributed by atoms with van der Waals surface area (Å²) in [5, 5.41) is 0. The van der Waals surface area contributed by atoms with Gasteiger partial charge < -0.3 is 19.1 Å². The van der Waals surface area contributed by atoms with Crippen LogP contribution in [0.5, 0.6) is 0 Å². The highest BCUT2D eigenvalue weighted by Gasteiger charge is 2.21. The standard InChI is InChI=1S/C15H17NO6/c1-20-14(18)11-4-2-3-5-12(11)15(19)22-10-13(17)16-6-8-21-9-7-16/h2-5H,6-10H2,1H3. The lowest BCUT2D eigenvalue weighted by Gasteiger charge is -2.26. The fourth-order valence-corrected chi connectivity index (χ4v) is 2.06. The zero-order valence-electron chi connectivity index (χ0n) is 12.2. The van der Waals surface area contributed by atoms with Gasteiger partial charge >= 0.3 is 11.9 Å². The summed E-state index contributed by atoms with van der Waals surface area (Å²) >= 11 is 0. The summed E-state index contributed by atoms with van der Waals surface area (Å²) in [6, 6.07) is 6.13. The van der Waals surface area contributed by atoms with Gasteiger partial charge in [-0.25, -0.2) is 9.59 Å². The van der Waals surface area contributed by atoms with Crippen LogP contribution in [0, 0.1) is 0 Å². The Kier molecular flexibility index (Phi) is 5.48. The first-order valence-corrected chi connectivity index (χ1v) is 6.83. The van der Waals surface area contributed by atoms with Gasteiger partial charge in [-0.1, -0.05) is 12.1 Å². The van der Waals surface area contributed by atoms with Crippen LogP contribution >= 0.6 is 0 Å². The van der Waals surface area contributed by atoms with Crippen molar-refractivity contribution in [2.24, 2.45) is 0 Å². The van der Waals surface area contributed by atoms with Gasteiger partial charge in [-0.2, -0.15) is 0 Å². The van der Waals surface area contributed by atoms with E-state index in [0.29, 0.717) is 26.3 Å². The van der Waals surface area contributed by atoms with Crippen molar-refractivity contribution in [1.29, 1.82) is 0 Å². The van der Waals surface area contributed by atoms with E-state index < -0.39 is 11.9 Å². The van der Waals surface area contributed by atoms with E-state index in [1.807, 2.05) is 0 Å². The normalized spacial score (nSPS) is 14.3. The molecule has 1 saturated heterocycles. The second kappa shape index (κ2) is 7.56. The Morgan fingerprint density at radius 1 is 1.09 bits per heavy atom. The molecule has 2 rings (SSSR count). The zero-order chi connectivity index (χ0) is 15.9. The van der Waals surface area contributed by atoms with Crippen molar-refractivity contribution in [2.45, 2.75) is 0 Å². The van der Waals surface area contributed by atoms with Crippen molar-refractivity contribution in [1.82, 2.24) is 4.90 Å². The molecule has 0 spiro atoms. The summed E-state index contributed by atoms with van der Waals surface area (Å²) < 4.78 is 14.8. The largest absolute Gasteiger partial charge is 0.465 e. The molecule has 7 heteroatoms. The first-order valence-electron chi connectivity index (χ1n) is 6.83. The van der Waals surface area contributed by atoms with Crippen LogP contribution in [-0.2, 0) is 19.0 Å². The first-order chi connectivity index (χ1) is 10.6. The molecule has 0 aliphatic carbocycles. The highest BCUT2D eigenvalue weighted by Crippen LogP contribution is 2.12. The molecule has 1 heterocycles. The van der Waals surface area contributed by atoms with Crippen molar-refractivity contribution in [2.75, 3.05) is 40.0 Å². The van der Waals surface area contributed by atoms with E-state index in [2.05, 4.69) is 4.74 Å². The third-order valence-corrected chi connectivity index (χ3v) is 3.24. The Bertz CT molecular complexity index is 565. The topological polar surface area (TPSA) is 82.1 Å². The average Bonchev–Trinajstić information content (AvgIpc) is 2.59. The van der Waals surface area contributed by atoms with Gasteiger partial charge in [0, 0.05) is 13.1 Å². The summed E-state index contributed by atoms with van der Waals surface area (Å²) in [6.07, 6.45) is 0. The number of carbonyl (C=O) groups excluding carboxylic acids is 3. The Hall–Kier alpha value is -2.41. The van der Waals surface area contributed by atoms with E-state index in [1.165, 1.54) is 19.2 Å². The minimum Gasteiger partial charge on any atom is -0.465 e. The number of rotatable bonds is 4. The molecule has 0 N–H and O–H groups in total. The smallest absolute Gasteiger partial charge is 0.339 e. The molecular formula is C15H17NO6. The number of benzene rings is 1. The number of nitrogens with zero attached hydrogens (tertiary/aromatic N) is 1. The van der Waals surface area contributed by atoms with Crippen LogP contribution in [0.4, 0.5) is 0 Å². The zero-order valence-corrected chi connectivity index (χ0v) is 12.2. The summed E-state index contributed by atoms with van der Waals surface area (Å²) in [5.41, 5.74) is 0.179. The van der Waals surface area contributed by atoms with Crippen molar-refractivity contribution >= 4 is 17.8 Å². The van der Waals surface area contributed by atoms with E-state index in [1.54, 1.807) is 17.0 Å². The molecule has 1 aromatic carbocycles. The highest BCUT2D eigenvalue weighted by molar-refractivity contribution is 6.03. The van der Waals surface area contributed by atoms with E-state index in [9.17, 15) is 14.4 Å². The predicted octanol–water partition coefficient (Wildman–Crippen LogP) is 0.489. The SMILES string of the molecule is COC(=O)c1ccccc1C(=O)OCC(=O)N1CCOCC1. The van der Waals surface area contributed by atoms with Gasteiger partial charge in [-0.3, -0.25) is 4.79 Å². The maximum atomic E-state index is 12.0. The number of hydrogen-bond donors (Lipinski definition) is 0. The number of morpholine rings is 1. The molecule has 7 nitrogen and oxygen atoms in total. The van der Waals surface area contributed by atoms with E-state index in [4.69, 9.17) is 9.47 Å². The third kappa shape index (κ3) is 3.82. The first kappa shape index (κ1) is 16.0. The van der Waals surface area contributed by atoms with E-state index in [-0.39, 0.29) is 23.6 Å². The van der Waals surface area contributed by atoms with Crippen LogP contribution < -0.4 is 0 Å². The van der Waals surface area contributed by atoms with Gasteiger partial charge in [0.2, 0.25) is 0 Å². The van der Waals surface area contributed by atoms with Crippen molar-refractivity contribution in [3.8, 4) is 0 Å². The minimum absolute atomic E-state index is 0.0733. The number of amides is 1. The maximum Gasteiger partial charge on any atom is 0.339 e. The fraction of sp³-hybridized carbons (Fsp3) is 0.400. The average molecular weight is 307 g/mol. The van der Waals surface area contributed by atoms with Gasteiger partial charge in [0.1, 0.15) is 0 Å². The van der Waals surface area contributed by atoms with Crippen LogP contribution in [0.15, 0.2) is 24.3 Å². The summed E-state index contributed by atoms with van der Waals surface area (Å²) in [4.78, 5) is 37.1. The molecule has 0 radical (unpaired) electrons. The van der Waals surface area contributed by atoms with Gasteiger partial charge in [-0.05, 0) is 12.1 Å². The van der Waals surface area contributed by atoms with E-state index >= 15 is 0 Å². The van der Waals surface area contributed by atoms with Crippen LogP contribution in [0.3, 0.4) is 0 Å². The van der Waals surface area contributed by atoms with Crippen LogP contribution in [0.25, 0.3) is 0 Å². The highest BCUT2D eigenvalue weighted by atomic mass is 16.5. The molecular weight excluding hydrogens is 290 g/mol. The molecule has 0 saturated carbocycles. The molecule has 118 valence electrons. The minimum atomic E-state index is -0.734. The van der Waals surface area contributed by atoms with Crippen LogP contribution in [0.2, 0.25) is 0 Å². The molecule has 0 atom stereocenters. The Morgan fingerprint density at radius 3 is 2.27 bits per heavy atom. The lowest BCUT2D eigenvalue weighted by molar-refractivity contribution is -0.138. The van der Waals surface area contributed by atoms with Gasteiger partial charge in [-0.15, -0.1) is 0 Å². The quantitative estimate of drug-likeness (QED) is 0.753. The number of carbonyl (C=O) groups is 3. The fourth-order valence-electron chi connectivity index (χ4n) is 2.06. The number of ether oxygens (including phenoxy) is 3. The molecule has 1 aliphatic rings. The monoisotopic (exact) mass is 307 g/mol. The maximum absolute atomic E-state index is 12.0. The number of methoxy groups -OCH3 is 1. The Balaban J connectivity index is 1.97. The predicted molar refractivity (Wildman–Crippen MR) is 75.5 cm³/mol.